The van der Waals surface area contributed by atoms with E-state index in [2.05, 4.69) is 52.0 Å². The topological polar surface area (TPSA) is 12.5 Å². The van der Waals surface area contributed by atoms with Gasteiger partial charge in [0.1, 0.15) is 11.2 Å². The van der Waals surface area contributed by atoms with Crippen LogP contribution < -0.4 is 0 Å². The Morgan fingerprint density at radius 2 is 1.78 bits per heavy atom. The first kappa shape index (κ1) is 10.6. The van der Waals surface area contributed by atoms with Gasteiger partial charge < -0.3 is 4.74 Å². The molecule has 0 bridgehead atoms. The molecule has 0 aromatic heterocycles. The predicted octanol–water partition coefficient (Wildman–Crippen LogP) is 3.89. The van der Waals surface area contributed by atoms with Crippen molar-refractivity contribution in [2.24, 2.45) is 0 Å². The summed E-state index contributed by atoms with van der Waals surface area (Å²) < 4.78 is 6.16. The highest BCUT2D eigenvalue weighted by atomic mass is 16.6. The molecule has 0 saturated carbocycles. The number of rotatable bonds is 0. The summed E-state index contributed by atoms with van der Waals surface area (Å²) in [7, 11) is 0. The molecule has 0 amide bonds. The van der Waals surface area contributed by atoms with Crippen molar-refractivity contribution in [3.05, 3.63) is 52.1 Å². The average Bonchev–Trinajstić information content (AvgIpc) is 2.78. The SMILES string of the molecule is CC1=C(C)C2(C)OC2(C)C2=C1c1ccccc1C2. The summed E-state index contributed by atoms with van der Waals surface area (Å²) in [6.07, 6.45) is 1.06. The first-order valence-electron chi connectivity index (χ1n) is 6.69. The van der Waals surface area contributed by atoms with Crippen molar-refractivity contribution < 1.29 is 4.74 Å². The maximum Gasteiger partial charge on any atom is 0.121 e. The molecular formula is C17H18O. The predicted molar refractivity (Wildman–Crippen MR) is 73.3 cm³/mol. The molecule has 0 N–H and O–H groups in total. The van der Waals surface area contributed by atoms with E-state index in [1.54, 1.807) is 0 Å². The van der Waals surface area contributed by atoms with E-state index < -0.39 is 0 Å². The molecule has 4 rings (SSSR count). The van der Waals surface area contributed by atoms with Gasteiger partial charge in [-0.3, -0.25) is 0 Å². The smallest absolute Gasteiger partial charge is 0.121 e. The quantitative estimate of drug-likeness (QED) is 0.625. The first-order chi connectivity index (χ1) is 8.49. The van der Waals surface area contributed by atoms with E-state index in [4.69, 9.17) is 4.74 Å². The fourth-order valence-electron chi connectivity index (χ4n) is 3.91. The molecule has 1 aliphatic heterocycles. The van der Waals surface area contributed by atoms with Gasteiger partial charge in [0, 0.05) is 0 Å². The summed E-state index contributed by atoms with van der Waals surface area (Å²) in [5.41, 5.74) is 8.53. The number of epoxide rings is 1. The number of ether oxygens (including phenoxy) is 1. The summed E-state index contributed by atoms with van der Waals surface area (Å²) in [4.78, 5) is 0. The van der Waals surface area contributed by atoms with Crippen molar-refractivity contribution in [2.45, 2.75) is 45.3 Å². The number of allylic oxidation sites excluding steroid dienone is 2. The van der Waals surface area contributed by atoms with Gasteiger partial charge in [-0.2, -0.15) is 0 Å². The normalized spacial score (nSPS) is 36.4. The molecule has 1 nitrogen and oxygen atoms in total. The van der Waals surface area contributed by atoms with E-state index >= 15 is 0 Å². The van der Waals surface area contributed by atoms with Crippen molar-refractivity contribution in [3.8, 4) is 0 Å². The van der Waals surface area contributed by atoms with Crippen molar-refractivity contribution >= 4 is 5.57 Å². The van der Waals surface area contributed by atoms with Crippen molar-refractivity contribution in [1.29, 1.82) is 0 Å². The maximum atomic E-state index is 6.16. The Labute approximate surface area is 108 Å². The van der Waals surface area contributed by atoms with Gasteiger partial charge in [0.05, 0.1) is 0 Å². The molecule has 1 saturated heterocycles. The van der Waals surface area contributed by atoms with Crippen LogP contribution in [0.15, 0.2) is 41.0 Å². The van der Waals surface area contributed by atoms with Gasteiger partial charge >= 0.3 is 0 Å². The monoisotopic (exact) mass is 238 g/mol. The molecule has 1 fully saturated rings. The number of fused-ring (bicyclic) bond motifs is 4. The highest BCUT2D eigenvalue weighted by Crippen LogP contribution is 2.64. The number of benzene rings is 1. The zero-order chi connectivity index (χ0) is 12.7. The van der Waals surface area contributed by atoms with E-state index in [-0.39, 0.29) is 11.2 Å². The Morgan fingerprint density at radius 1 is 1.06 bits per heavy atom. The molecule has 1 heterocycles. The van der Waals surface area contributed by atoms with Crippen LogP contribution in [0.1, 0.15) is 38.8 Å². The fraction of sp³-hybridized carbons (Fsp3) is 0.412. The molecule has 0 radical (unpaired) electrons. The number of hydrogen-bond acceptors (Lipinski definition) is 1. The van der Waals surface area contributed by atoms with Crippen molar-refractivity contribution in [1.82, 2.24) is 0 Å². The third kappa shape index (κ3) is 0.916. The molecule has 2 unspecified atom stereocenters. The van der Waals surface area contributed by atoms with Gasteiger partial charge in [0.2, 0.25) is 0 Å². The molecule has 1 aromatic rings. The minimum absolute atomic E-state index is 0.0576. The lowest BCUT2D eigenvalue weighted by atomic mass is 9.74. The average molecular weight is 238 g/mol. The van der Waals surface area contributed by atoms with Crippen LogP contribution in [0.5, 0.6) is 0 Å². The van der Waals surface area contributed by atoms with Crippen LogP contribution in [-0.2, 0) is 11.2 Å². The first-order valence-corrected chi connectivity index (χ1v) is 6.69. The largest absolute Gasteiger partial charge is 0.354 e. The molecule has 92 valence electrons. The molecular weight excluding hydrogens is 220 g/mol. The summed E-state index contributed by atoms with van der Waals surface area (Å²) in [6, 6.07) is 8.78. The Bertz CT molecular complexity index is 649. The Balaban J connectivity index is 2.02. The van der Waals surface area contributed by atoms with E-state index in [9.17, 15) is 0 Å². The Morgan fingerprint density at radius 3 is 2.56 bits per heavy atom. The summed E-state index contributed by atoms with van der Waals surface area (Å²) >= 11 is 0. The highest BCUT2D eigenvalue weighted by Gasteiger charge is 2.69. The molecule has 3 aliphatic rings. The maximum absolute atomic E-state index is 6.16. The van der Waals surface area contributed by atoms with Gasteiger partial charge in [-0.15, -0.1) is 0 Å². The van der Waals surface area contributed by atoms with Crippen LogP contribution in [-0.4, -0.2) is 11.2 Å². The highest BCUT2D eigenvalue weighted by molar-refractivity contribution is 5.91. The second kappa shape index (κ2) is 2.80. The van der Waals surface area contributed by atoms with Gasteiger partial charge in [-0.25, -0.2) is 0 Å². The molecule has 18 heavy (non-hydrogen) atoms. The van der Waals surface area contributed by atoms with E-state index in [0.717, 1.165) is 6.42 Å². The standard InChI is InChI=1S/C17H18O/c1-10-11(2)16(3)17(4,18-16)14-9-12-7-5-6-8-13(12)15(10)14/h5-8H,9H2,1-4H3. The van der Waals surface area contributed by atoms with Crippen LogP contribution in [0.3, 0.4) is 0 Å². The van der Waals surface area contributed by atoms with E-state index in [0.29, 0.717) is 0 Å². The molecule has 2 atom stereocenters. The van der Waals surface area contributed by atoms with Crippen LogP contribution in [0.2, 0.25) is 0 Å². The third-order valence-electron chi connectivity index (χ3n) is 5.46. The second-order valence-electron chi connectivity index (χ2n) is 6.11. The summed E-state index contributed by atoms with van der Waals surface area (Å²) in [6.45, 7) is 8.97. The lowest BCUT2D eigenvalue weighted by molar-refractivity contribution is 0.310. The zero-order valence-corrected chi connectivity index (χ0v) is 11.4. The van der Waals surface area contributed by atoms with Crippen molar-refractivity contribution in [2.75, 3.05) is 0 Å². The van der Waals surface area contributed by atoms with Gasteiger partial charge in [0.25, 0.3) is 0 Å². The van der Waals surface area contributed by atoms with Crippen LogP contribution in [0.25, 0.3) is 5.57 Å². The molecule has 1 heteroatoms. The summed E-state index contributed by atoms with van der Waals surface area (Å²) in [5.74, 6) is 0. The van der Waals surface area contributed by atoms with Crippen molar-refractivity contribution in [3.63, 3.8) is 0 Å². The molecule has 1 aromatic carbocycles. The van der Waals surface area contributed by atoms with E-state index in [1.807, 2.05) is 0 Å². The lowest BCUT2D eigenvalue weighted by Gasteiger charge is -2.25. The summed E-state index contributed by atoms with van der Waals surface area (Å²) in [5, 5.41) is 0. The van der Waals surface area contributed by atoms with Gasteiger partial charge in [-0.1, -0.05) is 24.3 Å². The van der Waals surface area contributed by atoms with Crippen LogP contribution in [0, 0.1) is 0 Å². The van der Waals surface area contributed by atoms with Crippen LogP contribution >= 0.6 is 0 Å². The minimum atomic E-state index is -0.0645. The zero-order valence-electron chi connectivity index (χ0n) is 11.4. The lowest BCUT2D eigenvalue weighted by Crippen LogP contribution is -2.28. The number of hydrogen-bond donors (Lipinski definition) is 0. The minimum Gasteiger partial charge on any atom is -0.354 e. The van der Waals surface area contributed by atoms with Gasteiger partial charge in [-0.05, 0) is 67.5 Å². The van der Waals surface area contributed by atoms with Gasteiger partial charge in [0.15, 0.2) is 0 Å². The van der Waals surface area contributed by atoms with Crippen LogP contribution in [0.4, 0.5) is 0 Å². The molecule has 0 spiro atoms. The Hall–Kier alpha value is -1.34. The Kier molecular flexibility index (Phi) is 1.65. The van der Waals surface area contributed by atoms with E-state index in [1.165, 1.54) is 33.4 Å². The molecule has 2 aliphatic carbocycles. The second-order valence-corrected chi connectivity index (χ2v) is 6.11. The third-order valence-corrected chi connectivity index (χ3v) is 5.46. The fourth-order valence-corrected chi connectivity index (χ4v) is 3.91.